The van der Waals surface area contributed by atoms with Crippen LogP contribution in [0.2, 0.25) is 0 Å². The molecule has 1 fully saturated rings. The Hall–Kier alpha value is -1.06. The zero-order valence-corrected chi connectivity index (χ0v) is 10.5. The third-order valence-electron chi connectivity index (χ3n) is 3.56. The molecule has 0 spiro atoms. The first-order chi connectivity index (χ1) is 11.0. The van der Waals surface area contributed by atoms with Crippen molar-refractivity contribution in [2.75, 3.05) is 20.5 Å². The van der Waals surface area contributed by atoms with Gasteiger partial charge in [-0.3, -0.25) is 0 Å². The second-order valence-electron chi connectivity index (χ2n) is 4.94. The number of phenols is 1. The quantitative estimate of drug-likeness (QED) is 0.868. The molecule has 0 saturated heterocycles. The van der Waals surface area contributed by atoms with Crippen LogP contribution >= 0.6 is 0 Å². The molecule has 1 saturated carbocycles. The van der Waals surface area contributed by atoms with E-state index in [1.165, 1.54) is 13.1 Å². The van der Waals surface area contributed by atoms with Crippen molar-refractivity contribution in [2.45, 2.75) is 31.3 Å². The highest BCUT2D eigenvalue weighted by Gasteiger charge is 2.40. The van der Waals surface area contributed by atoms with E-state index in [0.717, 1.165) is 6.42 Å². The van der Waals surface area contributed by atoms with Gasteiger partial charge in [-0.05, 0) is 44.6 Å². The van der Waals surface area contributed by atoms with Crippen molar-refractivity contribution < 1.29 is 17.1 Å². The Morgan fingerprint density at radius 2 is 2.50 bits per heavy atom. The second kappa shape index (κ2) is 5.29. The van der Waals surface area contributed by atoms with Gasteiger partial charge < -0.3 is 15.1 Å². The molecule has 1 aliphatic carbocycles. The fourth-order valence-corrected chi connectivity index (χ4v) is 2.67. The summed E-state index contributed by atoms with van der Waals surface area (Å²) >= 11 is 0. The van der Waals surface area contributed by atoms with Crippen LogP contribution in [0.3, 0.4) is 0 Å². The highest BCUT2D eigenvalue weighted by atomic mass is 16.3. The van der Waals surface area contributed by atoms with Gasteiger partial charge in [-0.2, -0.15) is 0 Å². The first kappa shape index (κ1) is 7.51. The van der Waals surface area contributed by atoms with E-state index in [1.807, 2.05) is 0 Å². The van der Waals surface area contributed by atoms with Crippen molar-refractivity contribution in [1.29, 1.82) is 1.43 Å². The summed E-state index contributed by atoms with van der Waals surface area (Å²) in [6.07, 6.45) is 2.13. The van der Waals surface area contributed by atoms with Gasteiger partial charge in [0.2, 0.25) is 0 Å². The zero-order chi connectivity index (χ0) is 18.2. The van der Waals surface area contributed by atoms with Crippen LogP contribution in [0.1, 0.15) is 38.1 Å². The molecule has 0 radical (unpaired) electrons. The van der Waals surface area contributed by atoms with E-state index >= 15 is 0 Å². The summed E-state index contributed by atoms with van der Waals surface area (Å²) in [6.45, 7) is -4.83. The third-order valence-corrected chi connectivity index (χ3v) is 3.56. The van der Waals surface area contributed by atoms with Crippen LogP contribution in [0.25, 0.3) is 0 Å². The maximum atomic E-state index is 11.3. The van der Waals surface area contributed by atoms with Crippen molar-refractivity contribution in [2.24, 2.45) is 5.92 Å². The van der Waals surface area contributed by atoms with Crippen LogP contribution in [-0.4, -0.2) is 37.1 Å². The smallest absolute Gasteiger partial charge is 0.293 e. The Kier molecular flexibility index (Phi) is 2.21. The van der Waals surface area contributed by atoms with Crippen LogP contribution in [0.4, 0.5) is 0 Å². The molecule has 1 aromatic rings. The molecule has 0 aliphatic heterocycles. The molecule has 0 heterocycles. The van der Waals surface area contributed by atoms with E-state index in [9.17, 15) is 5.11 Å². The Morgan fingerprint density at radius 3 is 3.28 bits per heavy atom. The summed E-state index contributed by atoms with van der Waals surface area (Å²) in [5.41, 5.74) is -1.07. The largest absolute Gasteiger partial charge is 0.508 e. The van der Waals surface area contributed by atoms with Crippen LogP contribution in [0.5, 0.6) is 5.75 Å². The Morgan fingerprint density at radius 1 is 1.61 bits per heavy atom. The third kappa shape index (κ3) is 2.68. The minimum absolute atomic E-state index is 0.245. The number of hydrogen-bond acceptors (Lipinski definition) is 3. The average molecular weight is 255 g/mol. The maximum Gasteiger partial charge on any atom is 0.293 e. The van der Waals surface area contributed by atoms with Gasteiger partial charge in [0.1, 0.15) is 5.75 Å². The van der Waals surface area contributed by atoms with E-state index in [4.69, 9.17) is 8.28 Å². The minimum Gasteiger partial charge on any atom is -0.508 e. The molecular weight excluding hydrogens is 226 g/mol. The standard InChI is InChI=1S/C15H23NO2/c1-16(2)11-13-6-3-4-9-15(13,18)12-7-5-8-14(17)10-12/h5,7-8,10,13,17-18H,3-4,6,9,11H2,1-2H3/t13-,15+/m0/s1/i1D3,11D2/hD. The minimum atomic E-state index is -2.60. The van der Waals surface area contributed by atoms with E-state index in [2.05, 4.69) is 5.11 Å². The number of aromatic hydroxyl groups is 1. The van der Waals surface area contributed by atoms with Gasteiger partial charge in [0.15, 0.2) is 0 Å². The number of rotatable bonds is 4. The number of benzene rings is 1. The van der Waals surface area contributed by atoms with E-state index in [0.29, 0.717) is 29.7 Å². The zero-order valence-electron chi connectivity index (χ0n) is 16.5. The fourth-order valence-electron chi connectivity index (χ4n) is 2.67. The Balaban J connectivity index is 2.46. The molecule has 0 bridgehead atoms. The van der Waals surface area contributed by atoms with Gasteiger partial charge in [0, 0.05) is 19.3 Å². The molecule has 0 amide bonds. The normalized spacial score (nSPS) is 34.7. The van der Waals surface area contributed by atoms with Gasteiger partial charge in [0.25, 0.3) is 1.43 Å². The summed E-state index contributed by atoms with van der Waals surface area (Å²) in [5.74, 6) is -0.667. The predicted octanol–water partition coefficient (Wildman–Crippen LogP) is 2.33. The van der Waals surface area contributed by atoms with Gasteiger partial charge in [0.05, 0.1) is 5.60 Å². The lowest BCUT2D eigenvalue weighted by Gasteiger charge is -2.41. The summed E-state index contributed by atoms with van der Waals surface area (Å²) in [5, 5.41) is 15.8. The van der Waals surface area contributed by atoms with E-state index in [1.54, 1.807) is 18.2 Å². The lowest BCUT2D eigenvalue weighted by Crippen LogP contribution is -2.43. The van der Waals surface area contributed by atoms with Gasteiger partial charge in [-0.25, -0.2) is 0 Å². The SMILES string of the molecule is [2H]Oc1cccc([C@]2(O)CCCC[C@H]2C([2H])([2H])N(C)C([2H])([2H])[2H])c1. The molecule has 1 aromatic carbocycles. The monoisotopic (exact) mass is 255 g/mol. The van der Waals surface area contributed by atoms with E-state index in [-0.39, 0.29) is 5.75 Å². The van der Waals surface area contributed by atoms with Crippen molar-refractivity contribution in [3.05, 3.63) is 29.8 Å². The van der Waals surface area contributed by atoms with E-state index < -0.39 is 25.0 Å². The molecule has 0 unspecified atom stereocenters. The lowest BCUT2D eigenvalue weighted by molar-refractivity contribution is -0.0619. The number of nitrogens with zero attached hydrogens (tertiary/aromatic N) is 1. The summed E-state index contributed by atoms with van der Waals surface area (Å²) in [4.78, 5) is 0.714. The molecule has 3 heteroatoms. The molecule has 2 atom stereocenters. The van der Waals surface area contributed by atoms with Crippen molar-refractivity contribution in [1.82, 2.24) is 4.90 Å². The van der Waals surface area contributed by atoms with Crippen LogP contribution < -0.4 is 0 Å². The number of hydrogen-bond donors (Lipinski definition) is 2. The highest BCUT2D eigenvalue weighted by molar-refractivity contribution is 5.32. The van der Waals surface area contributed by atoms with Gasteiger partial charge >= 0.3 is 0 Å². The number of aliphatic hydroxyl groups is 1. The molecule has 1 aliphatic rings. The molecule has 3 nitrogen and oxygen atoms in total. The molecular formula is C15H23NO2. The lowest BCUT2D eigenvalue weighted by atomic mass is 9.71. The van der Waals surface area contributed by atoms with Crippen molar-refractivity contribution in [3.8, 4) is 5.75 Å². The summed E-state index contributed by atoms with van der Waals surface area (Å²) in [7, 11) is 1.21. The van der Waals surface area contributed by atoms with Gasteiger partial charge in [-0.1, -0.05) is 25.0 Å². The number of phenolic OH excluding ortho intramolecular Hbond substituents is 1. The van der Waals surface area contributed by atoms with Crippen LogP contribution in [-0.2, 0) is 5.60 Å². The molecule has 100 valence electrons. The predicted molar refractivity (Wildman–Crippen MR) is 72.5 cm³/mol. The Labute approximate surface area is 118 Å². The highest BCUT2D eigenvalue weighted by Crippen LogP contribution is 2.42. The Bertz CT molecular complexity index is 579. The first-order valence-electron chi connectivity index (χ1n) is 9.14. The summed E-state index contributed by atoms with van der Waals surface area (Å²) in [6, 6.07) is 6.37. The van der Waals surface area contributed by atoms with Crippen LogP contribution in [0.15, 0.2) is 24.3 Å². The second-order valence-corrected chi connectivity index (χ2v) is 4.94. The molecule has 18 heavy (non-hydrogen) atoms. The molecule has 2 N–H and O–H groups in total. The van der Waals surface area contributed by atoms with Crippen LogP contribution in [0, 0.1) is 5.92 Å². The molecule has 2 rings (SSSR count). The van der Waals surface area contributed by atoms with Crippen molar-refractivity contribution in [3.63, 3.8) is 0 Å². The topological polar surface area (TPSA) is 43.7 Å². The van der Waals surface area contributed by atoms with Gasteiger partial charge in [-0.15, -0.1) is 0 Å². The first-order valence-corrected chi connectivity index (χ1v) is 6.23. The maximum absolute atomic E-state index is 11.3. The van der Waals surface area contributed by atoms with Crippen molar-refractivity contribution >= 4 is 0 Å². The average Bonchev–Trinajstić information content (AvgIpc) is 2.53. The summed E-state index contributed by atoms with van der Waals surface area (Å²) < 4.78 is 46.3. The fraction of sp³-hybridized carbons (Fsp3) is 0.600. The molecule has 0 aromatic heterocycles.